The molecule has 0 aromatic rings. The third-order valence-corrected chi connectivity index (χ3v) is 2.36. The number of carbonyl (C=O) groups excluding carboxylic acids is 1. The summed E-state index contributed by atoms with van der Waals surface area (Å²) >= 11 is 0. The number of hydrogen-bond donors (Lipinski definition) is 0. The monoisotopic (exact) mass is 202 g/mol. The molecule has 0 aromatic heterocycles. The maximum Gasteiger partial charge on any atom is 0.306 e. The minimum absolute atomic E-state index is 0.194. The fraction of sp³-hybridized carbons (Fsp3) is 0.900. The van der Waals surface area contributed by atoms with Crippen LogP contribution in [0.15, 0.2) is 0 Å². The Morgan fingerprint density at radius 2 is 2.07 bits per heavy atom. The smallest absolute Gasteiger partial charge is 0.306 e. The van der Waals surface area contributed by atoms with E-state index in [0.29, 0.717) is 19.6 Å². The lowest BCUT2D eigenvalue weighted by Crippen LogP contribution is -2.41. The van der Waals surface area contributed by atoms with Gasteiger partial charge in [0, 0.05) is 6.42 Å². The largest absolute Gasteiger partial charge is 0.457 e. The molecule has 82 valence electrons. The summed E-state index contributed by atoms with van der Waals surface area (Å²) in [5.41, 5.74) is 0. The van der Waals surface area contributed by atoms with E-state index >= 15 is 0 Å². The van der Waals surface area contributed by atoms with Gasteiger partial charge in [-0.05, 0) is 20.3 Å². The van der Waals surface area contributed by atoms with Crippen molar-refractivity contribution in [3.05, 3.63) is 0 Å². The Kier molecular flexibility index (Phi) is 3.89. The van der Waals surface area contributed by atoms with Crippen molar-refractivity contribution < 1.29 is 19.0 Å². The minimum Gasteiger partial charge on any atom is -0.457 e. The predicted octanol–water partition coefficient (Wildman–Crippen LogP) is 1.48. The second-order valence-corrected chi connectivity index (χ2v) is 3.59. The van der Waals surface area contributed by atoms with Gasteiger partial charge in [0.1, 0.15) is 0 Å². The molecule has 1 heterocycles. The Labute approximate surface area is 84.5 Å². The van der Waals surface area contributed by atoms with Crippen molar-refractivity contribution >= 4 is 5.97 Å². The Morgan fingerprint density at radius 1 is 1.50 bits per heavy atom. The quantitative estimate of drug-likeness (QED) is 0.648. The van der Waals surface area contributed by atoms with Crippen LogP contribution in [0.2, 0.25) is 0 Å². The van der Waals surface area contributed by atoms with Crippen molar-refractivity contribution in [2.24, 2.45) is 0 Å². The van der Waals surface area contributed by atoms with Gasteiger partial charge in [-0.1, -0.05) is 6.92 Å². The van der Waals surface area contributed by atoms with Gasteiger partial charge in [0.05, 0.1) is 13.2 Å². The fourth-order valence-electron chi connectivity index (χ4n) is 1.33. The first-order valence-corrected chi connectivity index (χ1v) is 5.06. The first-order chi connectivity index (χ1) is 6.58. The highest BCUT2D eigenvalue weighted by molar-refractivity contribution is 5.69. The summed E-state index contributed by atoms with van der Waals surface area (Å²) in [5, 5.41) is 0. The van der Waals surface area contributed by atoms with Gasteiger partial charge >= 0.3 is 5.97 Å². The molecule has 0 saturated carbocycles. The van der Waals surface area contributed by atoms with E-state index in [2.05, 4.69) is 0 Å². The molecule has 1 saturated heterocycles. The Hall–Kier alpha value is -0.610. The standard InChI is InChI=1S/C10H18O4/c1-4-5-9(11)14-8(2)10(3)12-6-7-13-10/h8H,4-7H2,1-3H3. The molecule has 1 fully saturated rings. The first-order valence-electron chi connectivity index (χ1n) is 5.06. The Bertz CT molecular complexity index is 196. The van der Waals surface area contributed by atoms with Crippen LogP contribution in [0.25, 0.3) is 0 Å². The lowest BCUT2D eigenvalue weighted by Gasteiger charge is -2.28. The molecule has 0 aliphatic carbocycles. The minimum atomic E-state index is -0.761. The van der Waals surface area contributed by atoms with Gasteiger partial charge in [-0.15, -0.1) is 0 Å². The van der Waals surface area contributed by atoms with Gasteiger partial charge in [0.15, 0.2) is 6.10 Å². The number of hydrogen-bond acceptors (Lipinski definition) is 4. The van der Waals surface area contributed by atoms with Gasteiger partial charge in [-0.3, -0.25) is 4.79 Å². The van der Waals surface area contributed by atoms with Crippen LogP contribution >= 0.6 is 0 Å². The summed E-state index contributed by atoms with van der Waals surface area (Å²) in [7, 11) is 0. The molecule has 0 spiro atoms. The zero-order chi connectivity index (χ0) is 10.6. The number of carbonyl (C=O) groups is 1. The zero-order valence-electron chi connectivity index (χ0n) is 9.04. The maximum atomic E-state index is 11.2. The van der Waals surface area contributed by atoms with Gasteiger partial charge in [-0.2, -0.15) is 0 Å². The molecule has 1 aliphatic heterocycles. The zero-order valence-corrected chi connectivity index (χ0v) is 9.04. The van der Waals surface area contributed by atoms with E-state index in [9.17, 15) is 4.79 Å². The van der Waals surface area contributed by atoms with Crippen molar-refractivity contribution in [3.63, 3.8) is 0 Å². The van der Waals surface area contributed by atoms with E-state index in [-0.39, 0.29) is 12.1 Å². The summed E-state index contributed by atoms with van der Waals surface area (Å²) in [6.45, 7) is 6.65. The summed E-state index contributed by atoms with van der Waals surface area (Å²) < 4.78 is 16.0. The van der Waals surface area contributed by atoms with E-state index < -0.39 is 5.79 Å². The van der Waals surface area contributed by atoms with Crippen molar-refractivity contribution in [2.45, 2.75) is 45.5 Å². The summed E-state index contributed by atoms with van der Waals surface area (Å²) in [6.07, 6.45) is 0.883. The molecule has 1 aliphatic rings. The lowest BCUT2D eigenvalue weighted by atomic mass is 10.2. The number of rotatable bonds is 4. The fourth-order valence-corrected chi connectivity index (χ4v) is 1.33. The Balaban J connectivity index is 2.40. The van der Waals surface area contributed by atoms with Crippen LogP contribution < -0.4 is 0 Å². The maximum absolute atomic E-state index is 11.2. The molecular weight excluding hydrogens is 184 g/mol. The molecule has 1 rings (SSSR count). The molecule has 14 heavy (non-hydrogen) atoms. The topological polar surface area (TPSA) is 44.8 Å². The molecule has 0 amide bonds. The average molecular weight is 202 g/mol. The molecule has 0 N–H and O–H groups in total. The lowest BCUT2D eigenvalue weighted by molar-refractivity contribution is -0.217. The molecular formula is C10H18O4. The van der Waals surface area contributed by atoms with E-state index in [0.717, 1.165) is 6.42 Å². The molecule has 0 radical (unpaired) electrons. The Morgan fingerprint density at radius 3 is 2.57 bits per heavy atom. The van der Waals surface area contributed by atoms with Crippen LogP contribution in [0.3, 0.4) is 0 Å². The third kappa shape index (κ3) is 2.69. The highest BCUT2D eigenvalue weighted by atomic mass is 16.8. The third-order valence-electron chi connectivity index (χ3n) is 2.36. The van der Waals surface area contributed by atoms with Gasteiger partial charge in [0.25, 0.3) is 0 Å². The highest BCUT2D eigenvalue weighted by Crippen LogP contribution is 2.25. The summed E-state index contributed by atoms with van der Waals surface area (Å²) in [4.78, 5) is 11.2. The van der Waals surface area contributed by atoms with Crippen LogP contribution in [0.5, 0.6) is 0 Å². The van der Waals surface area contributed by atoms with Gasteiger partial charge in [0.2, 0.25) is 5.79 Å². The number of esters is 1. The first kappa shape index (κ1) is 11.5. The summed E-state index contributed by atoms with van der Waals surface area (Å²) in [6, 6.07) is 0. The molecule has 1 unspecified atom stereocenters. The number of ether oxygens (including phenoxy) is 3. The van der Waals surface area contributed by atoms with Crippen LogP contribution in [0, 0.1) is 0 Å². The van der Waals surface area contributed by atoms with Crippen molar-refractivity contribution in [3.8, 4) is 0 Å². The molecule has 4 nitrogen and oxygen atoms in total. The molecule has 0 bridgehead atoms. The van der Waals surface area contributed by atoms with Gasteiger partial charge in [-0.25, -0.2) is 0 Å². The average Bonchev–Trinajstić information content (AvgIpc) is 2.54. The molecule has 4 heteroatoms. The van der Waals surface area contributed by atoms with E-state index in [4.69, 9.17) is 14.2 Å². The van der Waals surface area contributed by atoms with Crippen LogP contribution in [0.4, 0.5) is 0 Å². The molecule has 0 aromatic carbocycles. The van der Waals surface area contributed by atoms with Gasteiger partial charge < -0.3 is 14.2 Å². The highest BCUT2D eigenvalue weighted by Gasteiger charge is 2.39. The van der Waals surface area contributed by atoms with E-state index in [1.807, 2.05) is 6.92 Å². The predicted molar refractivity (Wildman–Crippen MR) is 50.8 cm³/mol. The van der Waals surface area contributed by atoms with Crippen LogP contribution in [-0.4, -0.2) is 31.1 Å². The van der Waals surface area contributed by atoms with Crippen molar-refractivity contribution in [1.82, 2.24) is 0 Å². The van der Waals surface area contributed by atoms with Crippen LogP contribution in [0.1, 0.15) is 33.6 Å². The SMILES string of the molecule is CCCC(=O)OC(C)C1(C)OCCO1. The molecule has 1 atom stereocenters. The van der Waals surface area contributed by atoms with Crippen LogP contribution in [-0.2, 0) is 19.0 Å². The summed E-state index contributed by atoms with van der Waals surface area (Å²) in [5.74, 6) is -0.955. The second-order valence-electron chi connectivity index (χ2n) is 3.59. The normalized spacial score (nSPS) is 21.9. The second kappa shape index (κ2) is 4.75. The van der Waals surface area contributed by atoms with E-state index in [1.54, 1.807) is 13.8 Å². The van der Waals surface area contributed by atoms with Crippen molar-refractivity contribution in [1.29, 1.82) is 0 Å². The van der Waals surface area contributed by atoms with E-state index in [1.165, 1.54) is 0 Å². The van der Waals surface area contributed by atoms with Crippen molar-refractivity contribution in [2.75, 3.05) is 13.2 Å².